The van der Waals surface area contributed by atoms with E-state index in [0.29, 0.717) is 17.5 Å². The lowest BCUT2D eigenvalue weighted by atomic mass is 10.1. The van der Waals surface area contributed by atoms with E-state index < -0.39 is 11.7 Å². The Bertz CT molecular complexity index is 950. The van der Waals surface area contributed by atoms with Crippen molar-refractivity contribution in [3.05, 3.63) is 66.2 Å². The topological polar surface area (TPSA) is 41.1 Å². The first-order valence-electron chi connectivity index (χ1n) is 9.63. The normalized spacial score (nSPS) is 14.7. The maximum atomic E-state index is 12.8. The van der Waals surface area contributed by atoms with Crippen LogP contribution in [-0.4, -0.2) is 23.1 Å². The number of halogens is 3. The Morgan fingerprint density at radius 2 is 1.52 bits per heavy atom. The molecule has 1 aliphatic rings. The molecule has 0 bridgehead atoms. The summed E-state index contributed by atoms with van der Waals surface area (Å²) in [7, 11) is 0. The quantitative estimate of drug-likeness (QED) is 0.594. The van der Waals surface area contributed by atoms with E-state index in [4.69, 9.17) is 4.98 Å². The van der Waals surface area contributed by atoms with Crippen molar-refractivity contribution >= 4 is 17.5 Å². The van der Waals surface area contributed by atoms with Crippen molar-refractivity contribution in [3.63, 3.8) is 0 Å². The molecule has 0 aliphatic carbocycles. The highest BCUT2D eigenvalue weighted by atomic mass is 19.4. The largest absolute Gasteiger partial charge is 0.416 e. The number of hydrogen-bond donors (Lipinski definition) is 1. The summed E-state index contributed by atoms with van der Waals surface area (Å²) in [4.78, 5) is 11.5. The predicted octanol–water partition coefficient (Wildman–Crippen LogP) is 5.90. The van der Waals surface area contributed by atoms with E-state index in [1.54, 1.807) is 0 Å². The van der Waals surface area contributed by atoms with Gasteiger partial charge in [0.25, 0.3) is 0 Å². The van der Waals surface area contributed by atoms with Gasteiger partial charge in [0.1, 0.15) is 5.82 Å². The van der Waals surface area contributed by atoms with Crippen molar-refractivity contribution in [1.82, 2.24) is 9.97 Å². The van der Waals surface area contributed by atoms with Gasteiger partial charge >= 0.3 is 6.18 Å². The molecule has 0 radical (unpaired) electrons. The van der Waals surface area contributed by atoms with Crippen LogP contribution in [0.15, 0.2) is 60.7 Å². The molecule has 1 saturated heterocycles. The van der Waals surface area contributed by atoms with Crippen molar-refractivity contribution in [3.8, 4) is 11.3 Å². The van der Waals surface area contributed by atoms with Gasteiger partial charge in [-0.15, -0.1) is 0 Å². The Kier molecular flexibility index (Phi) is 5.38. The Morgan fingerprint density at radius 1 is 0.828 bits per heavy atom. The monoisotopic (exact) mass is 398 g/mol. The number of rotatable bonds is 4. The van der Waals surface area contributed by atoms with Gasteiger partial charge in [-0.25, -0.2) is 4.98 Å². The Hall–Kier alpha value is -3.09. The molecule has 2 aromatic carbocycles. The Labute approximate surface area is 167 Å². The maximum Gasteiger partial charge on any atom is 0.416 e. The molecule has 2 heterocycles. The lowest BCUT2D eigenvalue weighted by molar-refractivity contribution is -0.137. The van der Waals surface area contributed by atoms with E-state index in [1.165, 1.54) is 18.6 Å². The SMILES string of the molecule is FC(F)(F)c1ccc(Nc2cc(-c3ccccc3)nc(N3CCCCC3)n2)cc1. The molecule has 0 amide bonds. The standard InChI is InChI=1S/C22H21F3N4/c23-22(24,25)17-9-11-18(12-10-17)26-20-15-19(16-7-3-1-4-8-16)27-21(28-20)29-13-5-2-6-14-29/h1,3-4,7-12,15H,2,5-6,13-14H2,(H,26,27,28). The molecule has 0 saturated carbocycles. The van der Waals surface area contributed by atoms with Crippen molar-refractivity contribution in [2.75, 3.05) is 23.3 Å². The lowest BCUT2D eigenvalue weighted by Crippen LogP contribution is -2.31. The molecule has 0 spiro atoms. The predicted molar refractivity (Wildman–Crippen MR) is 108 cm³/mol. The summed E-state index contributed by atoms with van der Waals surface area (Å²) in [6, 6.07) is 16.6. The first-order valence-corrected chi connectivity index (χ1v) is 9.63. The summed E-state index contributed by atoms with van der Waals surface area (Å²) in [6.45, 7) is 1.80. The maximum absolute atomic E-state index is 12.8. The van der Waals surface area contributed by atoms with Gasteiger partial charge in [0.05, 0.1) is 11.3 Å². The van der Waals surface area contributed by atoms with Crippen LogP contribution in [-0.2, 0) is 6.18 Å². The molecule has 29 heavy (non-hydrogen) atoms. The molecule has 1 N–H and O–H groups in total. The second kappa shape index (κ2) is 8.11. The molecule has 0 unspecified atom stereocenters. The highest BCUT2D eigenvalue weighted by Crippen LogP contribution is 2.31. The Morgan fingerprint density at radius 3 is 2.17 bits per heavy atom. The minimum Gasteiger partial charge on any atom is -0.341 e. The van der Waals surface area contributed by atoms with E-state index in [2.05, 4.69) is 15.2 Å². The Balaban J connectivity index is 1.66. The van der Waals surface area contributed by atoms with Gasteiger partial charge in [0.15, 0.2) is 0 Å². The summed E-state index contributed by atoms with van der Waals surface area (Å²) >= 11 is 0. The molecule has 7 heteroatoms. The number of benzene rings is 2. The summed E-state index contributed by atoms with van der Waals surface area (Å²) < 4.78 is 38.4. The van der Waals surface area contributed by atoms with Crippen molar-refractivity contribution < 1.29 is 13.2 Å². The van der Waals surface area contributed by atoms with Gasteiger partial charge < -0.3 is 10.2 Å². The molecule has 150 valence electrons. The molecule has 3 aromatic rings. The summed E-state index contributed by atoms with van der Waals surface area (Å²) in [5, 5.41) is 3.13. The molecule has 1 aliphatic heterocycles. The number of aromatic nitrogens is 2. The molecule has 0 atom stereocenters. The van der Waals surface area contributed by atoms with Crippen molar-refractivity contribution in [2.45, 2.75) is 25.4 Å². The fourth-order valence-corrected chi connectivity index (χ4v) is 3.38. The van der Waals surface area contributed by atoms with E-state index in [0.717, 1.165) is 49.3 Å². The van der Waals surface area contributed by atoms with Crippen LogP contribution in [0.1, 0.15) is 24.8 Å². The summed E-state index contributed by atoms with van der Waals surface area (Å²) in [6.07, 6.45) is -0.956. The van der Waals surface area contributed by atoms with Crippen LogP contribution in [0, 0.1) is 0 Å². The van der Waals surface area contributed by atoms with Crippen LogP contribution in [0.25, 0.3) is 11.3 Å². The van der Waals surface area contributed by atoms with Crippen molar-refractivity contribution in [1.29, 1.82) is 0 Å². The molecule has 4 rings (SSSR count). The number of nitrogens with zero attached hydrogens (tertiary/aromatic N) is 3. The van der Waals surface area contributed by atoms with E-state index in [-0.39, 0.29) is 0 Å². The van der Waals surface area contributed by atoms with E-state index in [1.807, 2.05) is 36.4 Å². The lowest BCUT2D eigenvalue weighted by Gasteiger charge is -2.27. The zero-order valence-corrected chi connectivity index (χ0v) is 15.8. The molecular formula is C22H21F3N4. The first-order chi connectivity index (χ1) is 14.0. The van der Waals surface area contributed by atoms with Gasteiger partial charge in [-0.2, -0.15) is 18.2 Å². The van der Waals surface area contributed by atoms with Gasteiger partial charge in [0.2, 0.25) is 5.95 Å². The van der Waals surface area contributed by atoms with Gasteiger partial charge in [-0.05, 0) is 43.5 Å². The number of alkyl halides is 3. The highest BCUT2D eigenvalue weighted by molar-refractivity contribution is 5.67. The summed E-state index contributed by atoms with van der Waals surface area (Å²) in [5.41, 5.74) is 1.60. The van der Waals surface area contributed by atoms with Crippen LogP contribution < -0.4 is 10.2 Å². The van der Waals surface area contributed by atoms with Gasteiger partial charge in [-0.3, -0.25) is 0 Å². The minimum atomic E-state index is -4.35. The van der Waals surface area contributed by atoms with Crippen LogP contribution in [0.5, 0.6) is 0 Å². The number of nitrogens with one attached hydrogen (secondary N) is 1. The fourth-order valence-electron chi connectivity index (χ4n) is 3.38. The second-order valence-electron chi connectivity index (χ2n) is 7.05. The number of hydrogen-bond acceptors (Lipinski definition) is 4. The third-order valence-electron chi connectivity index (χ3n) is 4.91. The van der Waals surface area contributed by atoms with E-state index >= 15 is 0 Å². The zero-order chi connectivity index (χ0) is 20.3. The summed E-state index contributed by atoms with van der Waals surface area (Å²) in [5.74, 6) is 1.19. The minimum absolute atomic E-state index is 0.542. The van der Waals surface area contributed by atoms with Crippen LogP contribution in [0.4, 0.5) is 30.6 Å². The molecule has 1 fully saturated rings. The van der Waals surface area contributed by atoms with Crippen LogP contribution in [0.3, 0.4) is 0 Å². The molecular weight excluding hydrogens is 377 g/mol. The fraction of sp³-hybridized carbons (Fsp3) is 0.273. The third-order valence-corrected chi connectivity index (χ3v) is 4.91. The van der Waals surface area contributed by atoms with Crippen LogP contribution in [0.2, 0.25) is 0 Å². The van der Waals surface area contributed by atoms with Gasteiger partial charge in [-0.1, -0.05) is 30.3 Å². The second-order valence-corrected chi connectivity index (χ2v) is 7.05. The van der Waals surface area contributed by atoms with Gasteiger partial charge in [0, 0.05) is 30.4 Å². The van der Waals surface area contributed by atoms with Crippen LogP contribution >= 0.6 is 0 Å². The zero-order valence-electron chi connectivity index (χ0n) is 15.8. The first kappa shape index (κ1) is 19.2. The third kappa shape index (κ3) is 4.67. The highest BCUT2D eigenvalue weighted by Gasteiger charge is 2.30. The smallest absolute Gasteiger partial charge is 0.341 e. The van der Waals surface area contributed by atoms with E-state index in [9.17, 15) is 13.2 Å². The molecule has 4 nitrogen and oxygen atoms in total. The number of anilines is 3. The average Bonchev–Trinajstić information content (AvgIpc) is 2.74. The van der Waals surface area contributed by atoms with Crippen molar-refractivity contribution in [2.24, 2.45) is 0 Å². The molecule has 1 aromatic heterocycles. The average molecular weight is 398 g/mol. The number of piperidine rings is 1.